The van der Waals surface area contributed by atoms with Crippen LogP contribution >= 0.6 is 0 Å². The highest BCUT2D eigenvalue weighted by molar-refractivity contribution is 5.85. The summed E-state index contributed by atoms with van der Waals surface area (Å²) in [5.74, 6) is -0.258. The average molecular weight is 214 g/mol. The Morgan fingerprint density at radius 1 is 1.12 bits per heavy atom. The van der Waals surface area contributed by atoms with Crippen molar-refractivity contribution in [3.05, 3.63) is 54.2 Å². The summed E-state index contributed by atoms with van der Waals surface area (Å²) in [6.07, 6.45) is 1.20. The van der Waals surface area contributed by atoms with Gasteiger partial charge in [-0.2, -0.15) is 0 Å². The lowest BCUT2D eigenvalue weighted by Gasteiger charge is -2.05. The molecule has 0 aliphatic carbocycles. The molecule has 80 valence electrons. The monoisotopic (exact) mass is 214 g/mol. The Morgan fingerprint density at radius 2 is 1.88 bits per heavy atom. The molecular weight excluding hydrogens is 206 g/mol. The largest absolute Gasteiger partial charge is 0.545 e. The molecule has 0 fully saturated rings. The molecule has 0 N–H and O–H groups in total. The minimum absolute atomic E-state index is 0.0282. The number of hydrogen-bond donors (Lipinski definition) is 0. The molecule has 0 spiro atoms. The number of aromatic carboxylic acids is 1. The smallest absolute Gasteiger partial charge is 0.219 e. The molecule has 4 heteroatoms. The third kappa shape index (κ3) is 2.36. The number of carbonyl (C=O) groups is 1. The highest BCUT2D eigenvalue weighted by atomic mass is 16.5. The minimum Gasteiger partial charge on any atom is -0.545 e. The van der Waals surface area contributed by atoms with Gasteiger partial charge >= 0.3 is 0 Å². The molecule has 0 unspecified atom stereocenters. The highest BCUT2D eigenvalue weighted by Crippen LogP contribution is 2.18. The Kier molecular flexibility index (Phi) is 2.82. The molecule has 0 aliphatic heterocycles. The Morgan fingerprint density at radius 3 is 2.44 bits per heavy atom. The molecule has 0 radical (unpaired) electrons. The van der Waals surface area contributed by atoms with Crippen LogP contribution in [0.25, 0.3) is 0 Å². The molecule has 4 nitrogen and oxygen atoms in total. The molecular formula is C12H8NO3-. The van der Waals surface area contributed by atoms with Crippen molar-refractivity contribution in [3.63, 3.8) is 0 Å². The molecule has 16 heavy (non-hydrogen) atoms. The lowest BCUT2D eigenvalue weighted by atomic mass is 10.3. The number of ether oxygens (including phenoxy) is 1. The van der Waals surface area contributed by atoms with Crippen molar-refractivity contribution >= 4 is 5.97 Å². The molecule has 0 bridgehead atoms. The van der Waals surface area contributed by atoms with E-state index in [2.05, 4.69) is 4.98 Å². The van der Waals surface area contributed by atoms with Crippen LogP contribution in [-0.4, -0.2) is 11.0 Å². The highest BCUT2D eigenvalue weighted by Gasteiger charge is 1.98. The fraction of sp³-hybridized carbons (Fsp3) is 0. The quantitative estimate of drug-likeness (QED) is 0.771. The standard InChI is InChI=1S/C12H9NO3/c14-12(15)9-6-7-11(13-8-9)16-10-4-2-1-3-5-10/h1-8H,(H,14,15)/p-1. The molecule has 1 heterocycles. The number of carbonyl (C=O) groups excluding carboxylic acids is 1. The molecule has 0 aliphatic rings. The van der Waals surface area contributed by atoms with Crippen LogP contribution in [0, 0.1) is 0 Å². The normalized spacial score (nSPS) is 9.75. The van der Waals surface area contributed by atoms with Gasteiger partial charge in [0, 0.05) is 17.8 Å². The number of aromatic nitrogens is 1. The van der Waals surface area contributed by atoms with Crippen LogP contribution < -0.4 is 9.84 Å². The zero-order valence-electron chi connectivity index (χ0n) is 8.29. The van der Waals surface area contributed by atoms with E-state index in [4.69, 9.17) is 4.74 Å². The third-order valence-corrected chi connectivity index (χ3v) is 1.94. The summed E-state index contributed by atoms with van der Waals surface area (Å²) in [7, 11) is 0. The van der Waals surface area contributed by atoms with Gasteiger partial charge in [0.15, 0.2) is 0 Å². The molecule has 0 amide bonds. The van der Waals surface area contributed by atoms with Crippen molar-refractivity contribution < 1.29 is 14.6 Å². The van der Waals surface area contributed by atoms with E-state index in [1.54, 1.807) is 12.1 Å². The average Bonchev–Trinajstić information content (AvgIpc) is 2.31. The first-order valence-electron chi connectivity index (χ1n) is 4.66. The second kappa shape index (κ2) is 4.44. The predicted molar refractivity (Wildman–Crippen MR) is 55.1 cm³/mol. The molecule has 1 aromatic heterocycles. The number of rotatable bonds is 3. The maximum Gasteiger partial charge on any atom is 0.219 e. The number of benzene rings is 1. The topological polar surface area (TPSA) is 62.2 Å². The van der Waals surface area contributed by atoms with Crippen LogP contribution in [0.2, 0.25) is 0 Å². The second-order valence-electron chi connectivity index (χ2n) is 3.09. The van der Waals surface area contributed by atoms with Gasteiger partial charge in [-0.3, -0.25) is 0 Å². The summed E-state index contributed by atoms with van der Waals surface area (Å²) in [5.41, 5.74) is 0.0282. The van der Waals surface area contributed by atoms with Gasteiger partial charge in [-0.25, -0.2) is 4.98 Å². The first-order valence-corrected chi connectivity index (χ1v) is 4.66. The number of pyridine rings is 1. The van der Waals surface area contributed by atoms with Gasteiger partial charge in [-0.1, -0.05) is 18.2 Å². The van der Waals surface area contributed by atoms with Crippen LogP contribution in [-0.2, 0) is 0 Å². The van der Waals surface area contributed by atoms with Gasteiger partial charge in [0.25, 0.3) is 0 Å². The van der Waals surface area contributed by atoms with Crippen molar-refractivity contribution in [1.82, 2.24) is 4.98 Å². The molecule has 1 aromatic carbocycles. The summed E-state index contributed by atoms with van der Waals surface area (Å²) in [4.78, 5) is 14.3. The predicted octanol–water partition coefficient (Wildman–Crippen LogP) is 1.24. The fourth-order valence-electron chi connectivity index (χ4n) is 1.17. The van der Waals surface area contributed by atoms with Crippen molar-refractivity contribution in [3.8, 4) is 11.6 Å². The maximum atomic E-state index is 10.5. The van der Waals surface area contributed by atoms with E-state index < -0.39 is 5.97 Å². The summed E-state index contributed by atoms with van der Waals surface area (Å²) >= 11 is 0. The van der Waals surface area contributed by atoms with Crippen LogP contribution in [0.15, 0.2) is 48.7 Å². The zero-order valence-corrected chi connectivity index (χ0v) is 8.29. The van der Waals surface area contributed by atoms with Gasteiger partial charge < -0.3 is 14.6 Å². The van der Waals surface area contributed by atoms with Crippen LogP contribution in [0.1, 0.15) is 10.4 Å². The Labute approximate surface area is 92.1 Å². The number of hydrogen-bond acceptors (Lipinski definition) is 4. The van der Waals surface area contributed by atoms with E-state index in [9.17, 15) is 9.90 Å². The van der Waals surface area contributed by atoms with Crippen LogP contribution in [0.5, 0.6) is 11.6 Å². The molecule has 0 atom stereocenters. The Bertz CT molecular complexity index is 479. The molecule has 2 rings (SSSR count). The van der Waals surface area contributed by atoms with E-state index in [0.717, 1.165) is 0 Å². The zero-order chi connectivity index (χ0) is 11.4. The number of carboxylic acid groups (broad SMARTS) is 1. The first kappa shape index (κ1) is 10.2. The van der Waals surface area contributed by atoms with Crippen molar-refractivity contribution in [2.24, 2.45) is 0 Å². The Hall–Kier alpha value is -2.36. The second-order valence-corrected chi connectivity index (χ2v) is 3.09. The lowest BCUT2D eigenvalue weighted by Crippen LogP contribution is -2.22. The van der Waals surface area contributed by atoms with Crippen molar-refractivity contribution in [1.29, 1.82) is 0 Å². The third-order valence-electron chi connectivity index (χ3n) is 1.94. The van der Waals surface area contributed by atoms with Gasteiger partial charge in [-0.05, 0) is 18.2 Å². The SMILES string of the molecule is O=C([O-])c1ccc(Oc2ccccc2)nc1. The maximum absolute atomic E-state index is 10.5. The summed E-state index contributed by atoms with van der Waals surface area (Å²) in [5, 5.41) is 10.5. The van der Waals surface area contributed by atoms with E-state index in [1.165, 1.54) is 18.3 Å². The fourth-order valence-corrected chi connectivity index (χ4v) is 1.17. The van der Waals surface area contributed by atoms with Crippen molar-refractivity contribution in [2.75, 3.05) is 0 Å². The number of nitrogens with zero attached hydrogens (tertiary/aromatic N) is 1. The summed E-state index contributed by atoms with van der Waals surface area (Å²) in [6, 6.07) is 12.0. The van der Waals surface area contributed by atoms with Crippen LogP contribution in [0.3, 0.4) is 0 Å². The lowest BCUT2D eigenvalue weighted by molar-refractivity contribution is -0.255. The molecule has 0 saturated carbocycles. The first-order chi connectivity index (χ1) is 7.75. The van der Waals surface area contributed by atoms with E-state index in [0.29, 0.717) is 11.6 Å². The summed E-state index contributed by atoms with van der Waals surface area (Å²) < 4.78 is 5.39. The van der Waals surface area contributed by atoms with Gasteiger partial charge in [-0.15, -0.1) is 0 Å². The minimum atomic E-state index is -1.25. The molecule has 2 aromatic rings. The van der Waals surface area contributed by atoms with Crippen molar-refractivity contribution in [2.45, 2.75) is 0 Å². The molecule has 0 saturated heterocycles. The van der Waals surface area contributed by atoms with E-state index in [-0.39, 0.29) is 5.56 Å². The number of carboxylic acids is 1. The number of para-hydroxylation sites is 1. The van der Waals surface area contributed by atoms with Crippen LogP contribution in [0.4, 0.5) is 0 Å². The van der Waals surface area contributed by atoms with Gasteiger partial charge in [0.05, 0.1) is 5.97 Å². The summed E-state index contributed by atoms with van der Waals surface area (Å²) in [6.45, 7) is 0. The van der Waals surface area contributed by atoms with Gasteiger partial charge in [0.1, 0.15) is 5.75 Å². The van der Waals surface area contributed by atoms with E-state index >= 15 is 0 Å². The Balaban J connectivity index is 2.14. The van der Waals surface area contributed by atoms with Gasteiger partial charge in [0.2, 0.25) is 5.88 Å². The van der Waals surface area contributed by atoms with E-state index in [1.807, 2.05) is 18.2 Å².